The Morgan fingerprint density at radius 1 is 1.41 bits per heavy atom. The van der Waals surface area contributed by atoms with E-state index < -0.39 is 27.8 Å². The molecule has 0 aromatic rings. The number of hydrogen-bond donors (Lipinski definition) is 3. The standard InChI is InChI=1S/C9H19N3O4S/c10-8(9(13)14)7-17(15,16)11-3-6-12-4-1-2-5-12/h8,11H,1-7,10H2,(H,13,14)/t8-/m0/s1. The molecule has 0 spiro atoms. The number of hydrogen-bond acceptors (Lipinski definition) is 5. The molecule has 0 aromatic heterocycles. The summed E-state index contributed by atoms with van der Waals surface area (Å²) in [5.74, 6) is -1.89. The van der Waals surface area contributed by atoms with Gasteiger partial charge >= 0.3 is 5.97 Å². The fourth-order valence-corrected chi connectivity index (χ4v) is 2.87. The number of nitrogens with two attached hydrogens (primary N) is 1. The Morgan fingerprint density at radius 2 is 2.00 bits per heavy atom. The van der Waals surface area contributed by atoms with Gasteiger partial charge in [0.15, 0.2) is 0 Å². The Balaban J connectivity index is 2.26. The van der Waals surface area contributed by atoms with Crippen LogP contribution in [-0.4, -0.2) is 62.4 Å². The maximum Gasteiger partial charge on any atom is 0.321 e. The third kappa shape index (κ3) is 5.44. The van der Waals surface area contributed by atoms with E-state index >= 15 is 0 Å². The van der Waals surface area contributed by atoms with Crippen LogP contribution in [0, 0.1) is 0 Å². The van der Waals surface area contributed by atoms with E-state index in [0.29, 0.717) is 13.1 Å². The van der Waals surface area contributed by atoms with Crippen LogP contribution in [0.25, 0.3) is 0 Å². The number of carboxylic acids is 1. The molecule has 1 fully saturated rings. The van der Waals surface area contributed by atoms with Crippen molar-refractivity contribution in [2.75, 3.05) is 31.9 Å². The van der Waals surface area contributed by atoms with Crippen molar-refractivity contribution in [1.29, 1.82) is 0 Å². The average molecular weight is 265 g/mol. The van der Waals surface area contributed by atoms with Gasteiger partial charge in [-0.2, -0.15) is 0 Å². The predicted molar refractivity (Wildman–Crippen MR) is 63.1 cm³/mol. The first-order valence-electron chi connectivity index (χ1n) is 5.59. The van der Waals surface area contributed by atoms with Crippen molar-refractivity contribution < 1.29 is 18.3 Å². The summed E-state index contributed by atoms with van der Waals surface area (Å²) >= 11 is 0. The molecule has 0 amide bonds. The SMILES string of the molecule is N[C@@H](CS(=O)(=O)NCCN1CCCC1)C(=O)O. The number of likely N-dealkylation sites (tertiary alicyclic amines) is 1. The quantitative estimate of drug-likeness (QED) is 0.512. The molecule has 7 nitrogen and oxygen atoms in total. The molecule has 4 N–H and O–H groups in total. The first-order chi connectivity index (χ1) is 7.91. The zero-order valence-electron chi connectivity index (χ0n) is 9.63. The number of aliphatic carboxylic acids is 1. The average Bonchev–Trinajstić information content (AvgIpc) is 2.69. The zero-order valence-corrected chi connectivity index (χ0v) is 10.4. The number of nitrogens with zero attached hydrogens (tertiary/aromatic N) is 1. The van der Waals surface area contributed by atoms with Gasteiger partial charge in [-0.15, -0.1) is 0 Å². The van der Waals surface area contributed by atoms with Gasteiger partial charge < -0.3 is 15.7 Å². The highest BCUT2D eigenvalue weighted by Crippen LogP contribution is 2.05. The minimum absolute atomic E-state index is 0.300. The van der Waals surface area contributed by atoms with Gasteiger partial charge in [-0.05, 0) is 25.9 Å². The fourth-order valence-electron chi connectivity index (χ4n) is 1.73. The number of rotatable bonds is 7. The van der Waals surface area contributed by atoms with Crippen LogP contribution in [-0.2, 0) is 14.8 Å². The Kier molecular flexibility index (Phi) is 5.31. The molecule has 0 saturated carbocycles. The van der Waals surface area contributed by atoms with Crippen molar-refractivity contribution in [3.05, 3.63) is 0 Å². The Morgan fingerprint density at radius 3 is 2.53 bits per heavy atom. The molecule has 1 saturated heterocycles. The summed E-state index contributed by atoms with van der Waals surface area (Å²) in [6.45, 7) is 2.95. The molecule has 0 aliphatic carbocycles. The first kappa shape index (κ1) is 14.4. The van der Waals surface area contributed by atoms with Gasteiger partial charge in [0.05, 0.1) is 5.75 Å². The lowest BCUT2D eigenvalue weighted by atomic mass is 10.4. The van der Waals surface area contributed by atoms with Crippen molar-refractivity contribution >= 4 is 16.0 Å². The van der Waals surface area contributed by atoms with Gasteiger partial charge in [0.2, 0.25) is 10.0 Å². The van der Waals surface area contributed by atoms with E-state index in [0.717, 1.165) is 25.9 Å². The van der Waals surface area contributed by atoms with Gasteiger partial charge in [-0.25, -0.2) is 13.1 Å². The van der Waals surface area contributed by atoms with Gasteiger partial charge in [-0.3, -0.25) is 4.79 Å². The van der Waals surface area contributed by atoms with Crippen molar-refractivity contribution in [2.24, 2.45) is 5.73 Å². The maximum absolute atomic E-state index is 11.4. The Bertz CT molecular complexity index is 351. The Hall–Kier alpha value is -0.700. The summed E-state index contributed by atoms with van der Waals surface area (Å²) in [5, 5.41) is 8.52. The summed E-state index contributed by atoms with van der Waals surface area (Å²) < 4.78 is 25.3. The van der Waals surface area contributed by atoms with E-state index in [1.165, 1.54) is 0 Å². The lowest BCUT2D eigenvalue weighted by Crippen LogP contribution is -2.43. The second-order valence-electron chi connectivity index (χ2n) is 4.17. The minimum atomic E-state index is -3.60. The van der Waals surface area contributed by atoms with E-state index in [-0.39, 0.29) is 0 Å². The zero-order chi connectivity index (χ0) is 12.9. The highest BCUT2D eigenvalue weighted by atomic mass is 32.2. The highest BCUT2D eigenvalue weighted by molar-refractivity contribution is 7.89. The number of nitrogens with one attached hydrogen (secondary N) is 1. The van der Waals surface area contributed by atoms with Crippen molar-refractivity contribution in [3.63, 3.8) is 0 Å². The van der Waals surface area contributed by atoms with Crippen LogP contribution in [0.15, 0.2) is 0 Å². The summed E-state index contributed by atoms with van der Waals surface area (Å²) in [6.07, 6.45) is 2.30. The summed E-state index contributed by atoms with van der Waals surface area (Å²) in [5.41, 5.74) is 5.17. The van der Waals surface area contributed by atoms with E-state index in [4.69, 9.17) is 10.8 Å². The van der Waals surface area contributed by atoms with Gasteiger partial charge in [0, 0.05) is 13.1 Å². The molecule has 0 aromatic carbocycles. The first-order valence-corrected chi connectivity index (χ1v) is 7.24. The second-order valence-corrected chi connectivity index (χ2v) is 6.02. The number of carbonyl (C=O) groups is 1. The van der Waals surface area contributed by atoms with E-state index in [9.17, 15) is 13.2 Å². The van der Waals surface area contributed by atoms with E-state index in [1.807, 2.05) is 0 Å². The van der Waals surface area contributed by atoms with Crippen LogP contribution in [0.2, 0.25) is 0 Å². The van der Waals surface area contributed by atoms with Crippen LogP contribution < -0.4 is 10.5 Å². The topological polar surface area (TPSA) is 113 Å². The fraction of sp³-hybridized carbons (Fsp3) is 0.889. The molecule has 0 bridgehead atoms. The largest absolute Gasteiger partial charge is 0.480 e. The molecule has 1 rings (SSSR count). The predicted octanol–water partition coefficient (Wildman–Crippen LogP) is -1.59. The molecule has 1 heterocycles. The maximum atomic E-state index is 11.4. The molecule has 0 radical (unpaired) electrons. The van der Waals surface area contributed by atoms with Crippen molar-refractivity contribution in [3.8, 4) is 0 Å². The molecular weight excluding hydrogens is 246 g/mol. The van der Waals surface area contributed by atoms with Gasteiger partial charge in [0.1, 0.15) is 6.04 Å². The molecule has 17 heavy (non-hydrogen) atoms. The van der Waals surface area contributed by atoms with Gasteiger partial charge in [0.25, 0.3) is 0 Å². The van der Waals surface area contributed by atoms with Crippen LogP contribution in [0.4, 0.5) is 0 Å². The molecule has 0 unspecified atom stereocenters. The van der Waals surface area contributed by atoms with Crippen molar-refractivity contribution in [1.82, 2.24) is 9.62 Å². The monoisotopic (exact) mass is 265 g/mol. The Labute approximate surface area is 101 Å². The molecule has 8 heteroatoms. The van der Waals surface area contributed by atoms with Crippen molar-refractivity contribution in [2.45, 2.75) is 18.9 Å². The lowest BCUT2D eigenvalue weighted by Gasteiger charge is -2.15. The molecule has 1 atom stereocenters. The smallest absolute Gasteiger partial charge is 0.321 e. The third-order valence-electron chi connectivity index (χ3n) is 2.66. The molecular formula is C9H19N3O4S. The van der Waals surface area contributed by atoms with Crippen LogP contribution in [0.1, 0.15) is 12.8 Å². The highest BCUT2D eigenvalue weighted by Gasteiger charge is 2.21. The van der Waals surface area contributed by atoms with Crippen LogP contribution >= 0.6 is 0 Å². The van der Waals surface area contributed by atoms with Crippen LogP contribution in [0.3, 0.4) is 0 Å². The summed E-state index contributed by atoms with van der Waals surface area (Å²) in [7, 11) is -3.60. The van der Waals surface area contributed by atoms with E-state index in [1.54, 1.807) is 0 Å². The molecule has 1 aliphatic heterocycles. The number of carboxylic acid groups (broad SMARTS) is 1. The third-order valence-corrected chi connectivity index (χ3v) is 4.11. The number of sulfonamides is 1. The molecule has 100 valence electrons. The molecule has 1 aliphatic rings. The normalized spacial score (nSPS) is 19.4. The summed E-state index contributed by atoms with van der Waals surface area (Å²) in [6, 6.07) is -1.38. The van der Waals surface area contributed by atoms with Gasteiger partial charge in [-0.1, -0.05) is 0 Å². The second kappa shape index (κ2) is 6.29. The van der Waals surface area contributed by atoms with Crippen LogP contribution in [0.5, 0.6) is 0 Å². The lowest BCUT2D eigenvalue weighted by molar-refractivity contribution is -0.137. The summed E-state index contributed by atoms with van der Waals surface area (Å²) in [4.78, 5) is 12.6. The minimum Gasteiger partial charge on any atom is -0.480 e. The van der Waals surface area contributed by atoms with E-state index in [2.05, 4.69) is 9.62 Å².